The number of hydrogen-bond acceptors (Lipinski definition) is 3. The highest BCUT2D eigenvalue weighted by atomic mass is 35.5. The first-order valence-corrected chi connectivity index (χ1v) is 6.37. The van der Waals surface area contributed by atoms with E-state index in [9.17, 15) is 0 Å². The van der Waals surface area contributed by atoms with Crippen molar-refractivity contribution in [2.45, 2.75) is 6.61 Å². The molecule has 0 amide bonds. The summed E-state index contributed by atoms with van der Waals surface area (Å²) in [6.07, 6.45) is 0. The fraction of sp³-hybridized carbons (Fsp3) is 0.0769. The van der Waals surface area contributed by atoms with Crippen molar-refractivity contribution in [1.29, 1.82) is 0 Å². The van der Waals surface area contributed by atoms with E-state index in [1.165, 1.54) is 0 Å². The molecule has 0 atom stereocenters. The van der Waals surface area contributed by atoms with Crippen LogP contribution in [-0.4, -0.2) is 14.6 Å². The number of ether oxygens (including phenoxy) is 1. The van der Waals surface area contributed by atoms with Gasteiger partial charge in [-0.1, -0.05) is 41.4 Å². The Morgan fingerprint density at radius 3 is 2.68 bits per heavy atom. The summed E-state index contributed by atoms with van der Waals surface area (Å²) >= 11 is 12.1. The SMILES string of the molecule is Clc1ccccc1OCc1nnc2cccc(Cl)n12. The third kappa shape index (κ3) is 2.37. The Morgan fingerprint density at radius 1 is 1.00 bits per heavy atom. The monoisotopic (exact) mass is 293 g/mol. The van der Waals surface area contributed by atoms with E-state index < -0.39 is 0 Å². The van der Waals surface area contributed by atoms with Crippen molar-refractivity contribution in [3.8, 4) is 5.75 Å². The average molecular weight is 294 g/mol. The van der Waals surface area contributed by atoms with Crippen molar-refractivity contribution in [2.75, 3.05) is 0 Å². The summed E-state index contributed by atoms with van der Waals surface area (Å²) in [5.74, 6) is 1.23. The zero-order valence-corrected chi connectivity index (χ0v) is 11.3. The van der Waals surface area contributed by atoms with E-state index in [4.69, 9.17) is 27.9 Å². The molecule has 19 heavy (non-hydrogen) atoms. The molecule has 0 saturated heterocycles. The van der Waals surface area contributed by atoms with Gasteiger partial charge in [0.2, 0.25) is 0 Å². The highest BCUT2D eigenvalue weighted by molar-refractivity contribution is 6.32. The van der Waals surface area contributed by atoms with E-state index in [1.54, 1.807) is 22.6 Å². The minimum atomic E-state index is 0.245. The van der Waals surface area contributed by atoms with Crippen LogP contribution in [0.5, 0.6) is 5.75 Å². The second kappa shape index (κ2) is 5.07. The van der Waals surface area contributed by atoms with Crippen LogP contribution in [-0.2, 0) is 6.61 Å². The Morgan fingerprint density at radius 2 is 1.84 bits per heavy atom. The number of fused-ring (bicyclic) bond motifs is 1. The maximum absolute atomic E-state index is 6.12. The topological polar surface area (TPSA) is 39.4 Å². The van der Waals surface area contributed by atoms with Crippen LogP contribution in [0.25, 0.3) is 5.65 Å². The van der Waals surface area contributed by atoms with E-state index in [0.29, 0.717) is 27.4 Å². The molecule has 0 aliphatic carbocycles. The predicted molar refractivity (Wildman–Crippen MR) is 73.8 cm³/mol. The smallest absolute Gasteiger partial charge is 0.176 e. The van der Waals surface area contributed by atoms with Gasteiger partial charge in [0.25, 0.3) is 0 Å². The Labute approximate surface area is 119 Å². The first kappa shape index (κ1) is 12.3. The molecule has 0 unspecified atom stereocenters. The molecule has 2 heterocycles. The summed E-state index contributed by atoms with van der Waals surface area (Å²) in [5.41, 5.74) is 0.685. The standard InChI is InChI=1S/C13H9Cl2N3O/c14-9-4-1-2-5-10(9)19-8-13-17-16-12-7-3-6-11(15)18(12)13/h1-7H,8H2. The molecular formula is C13H9Cl2N3O. The number of hydrogen-bond donors (Lipinski definition) is 0. The molecule has 0 fully saturated rings. The van der Waals surface area contributed by atoms with Crippen LogP contribution < -0.4 is 4.74 Å². The lowest BCUT2D eigenvalue weighted by atomic mass is 10.3. The highest BCUT2D eigenvalue weighted by Crippen LogP contribution is 2.24. The molecule has 4 nitrogen and oxygen atoms in total. The summed E-state index contributed by atoms with van der Waals surface area (Å²) in [5, 5.41) is 9.19. The van der Waals surface area contributed by atoms with Gasteiger partial charge in [-0.05, 0) is 24.3 Å². The third-order valence-electron chi connectivity index (χ3n) is 2.64. The number of aromatic nitrogens is 3. The van der Waals surface area contributed by atoms with Gasteiger partial charge in [-0.15, -0.1) is 10.2 Å². The zero-order chi connectivity index (χ0) is 13.2. The van der Waals surface area contributed by atoms with Crippen molar-refractivity contribution in [3.05, 3.63) is 58.5 Å². The quantitative estimate of drug-likeness (QED) is 0.693. The average Bonchev–Trinajstić information content (AvgIpc) is 2.83. The summed E-state index contributed by atoms with van der Waals surface area (Å²) < 4.78 is 7.36. The first-order chi connectivity index (χ1) is 9.25. The first-order valence-electron chi connectivity index (χ1n) is 5.61. The molecule has 3 rings (SSSR count). The number of halogens is 2. The number of nitrogens with zero attached hydrogens (tertiary/aromatic N) is 3. The molecule has 3 aromatic rings. The molecule has 0 N–H and O–H groups in total. The number of para-hydroxylation sites is 1. The van der Waals surface area contributed by atoms with Crippen LogP contribution in [0.3, 0.4) is 0 Å². The van der Waals surface area contributed by atoms with Gasteiger partial charge >= 0.3 is 0 Å². The lowest BCUT2D eigenvalue weighted by molar-refractivity contribution is 0.294. The molecule has 96 valence electrons. The summed E-state index contributed by atoms with van der Waals surface area (Å²) in [7, 11) is 0. The number of benzene rings is 1. The number of rotatable bonds is 3. The van der Waals surface area contributed by atoms with Gasteiger partial charge in [-0.2, -0.15) is 0 Å². The van der Waals surface area contributed by atoms with Crippen LogP contribution in [0.1, 0.15) is 5.82 Å². The van der Waals surface area contributed by atoms with Gasteiger partial charge in [0.15, 0.2) is 11.5 Å². The van der Waals surface area contributed by atoms with Crippen molar-refractivity contribution in [1.82, 2.24) is 14.6 Å². The lowest BCUT2D eigenvalue weighted by Crippen LogP contribution is -2.02. The summed E-state index contributed by atoms with van der Waals surface area (Å²) in [4.78, 5) is 0. The lowest BCUT2D eigenvalue weighted by Gasteiger charge is -2.07. The molecule has 2 aromatic heterocycles. The molecule has 0 aliphatic rings. The second-order valence-corrected chi connectivity index (χ2v) is 4.67. The maximum Gasteiger partial charge on any atom is 0.176 e. The molecule has 0 saturated carbocycles. The molecule has 0 aliphatic heterocycles. The van der Waals surface area contributed by atoms with Gasteiger partial charge in [0.1, 0.15) is 17.5 Å². The second-order valence-electron chi connectivity index (χ2n) is 3.88. The Bertz CT molecular complexity index is 727. The summed E-state index contributed by atoms with van der Waals surface area (Å²) in [6, 6.07) is 12.7. The molecule has 0 radical (unpaired) electrons. The largest absolute Gasteiger partial charge is 0.484 e. The van der Waals surface area contributed by atoms with E-state index in [2.05, 4.69) is 10.2 Å². The van der Waals surface area contributed by atoms with Crippen molar-refractivity contribution in [3.63, 3.8) is 0 Å². The van der Waals surface area contributed by atoms with Crippen LogP contribution in [0, 0.1) is 0 Å². The van der Waals surface area contributed by atoms with Gasteiger partial charge in [0, 0.05) is 0 Å². The van der Waals surface area contributed by atoms with Crippen LogP contribution in [0.2, 0.25) is 10.2 Å². The molecule has 1 aromatic carbocycles. The van der Waals surface area contributed by atoms with Gasteiger partial charge in [0.05, 0.1) is 5.02 Å². The van der Waals surface area contributed by atoms with Crippen LogP contribution in [0.15, 0.2) is 42.5 Å². The van der Waals surface area contributed by atoms with Crippen LogP contribution >= 0.6 is 23.2 Å². The minimum Gasteiger partial charge on any atom is -0.484 e. The molecule has 0 spiro atoms. The fourth-order valence-electron chi connectivity index (χ4n) is 1.76. The van der Waals surface area contributed by atoms with E-state index in [0.717, 1.165) is 0 Å². The molecule has 0 bridgehead atoms. The van der Waals surface area contributed by atoms with Gasteiger partial charge in [-0.3, -0.25) is 4.40 Å². The van der Waals surface area contributed by atoms with Gasteiger partial charge in [-0.25, -0.2) is 0 Å². The Balaban J connectivity index is 1.89. The van der Waals surface area contributed by atoms with Crippen molar-refractivity contribution >= 4 is 28.8 Å². The molecule has 6 heteroatoms. The maximum atomic E-state index is 6.12. The predicted octanol–water partition coefficient (Wildman–Crippen LogP) is 3.62. The summed E-state index contributed by atoms with van der Waals surface area (Å²) in [6.45, 7) is 0.245. The fourth-order valence-corrected chi connectivity index (χ4v) is 2.20. The minimum absolute atomic E-state index is 0.245. The van der Waals surface area contributed by atoms with Crippen molar-refractivity contribution < 1.29 is 4.74 Å². The van der Waals surface area contributed by atoms with E-state index in [1.807, 2.05) is 24.3 Å². The zero-order valence-electron chi connectivity index (χ0n) is 9.75. The number of pyridine rings is 1. The Kier molecular flexibility index (Phi) is 3.27. The normalized spacial score (nSPS) is 10.8. The van der Waals surface area contributed by atoms with E-state index >= 15 is 0 Å². The van der Waals surface area contributed by atoms with E-state index in [-0.39, 0.29) is 6.61 Å². The highest BCUT2D eigenvalue weighted by Gasteiger charge is 2.09. The third-order valence-corrected chi connectivity index (χ3v) is 3.25. The van der Waals surface area contributed by atoms with Crippen LogP contribution in [0.4, 0.5) is 0 Å². The van der Waals surface area contributed by atoms with Crippen molar-refractivity contribution in [2.24, 2.45) is 0 Å². The Hall–Kier alpha value is -1.78. The van der Waals surface area contributed by atoms with Gasteiger partial charge < -0.3 is 4.74 Å². The molecular weight excluding hydrogens is 285 g/mol.